The van der Waals surface area contributed by atoms with Crippen molar-refractivity contribution in [2.45, 2.75) is 97.8 Å². The number of carboxylic acid groups (broad SMARTS) is 1. The summed E-state index contributed by atoms with van der Waals surface area (Å²) in [5.74, 6) is -2.77. The number of rotatable bonds is 7. The van der Waals surface area contributed by atoms with Crippen molar-refractivity contribution in [1.29, 1.82) is 0 Å². The molecule has 220 valence electrons. The zero-order chi connectivity index (χ0) is 28.7. The SMILES string of the molecule is C[C@H]1O[C@@H]([C@]2(O)CO[C@H](COC(=O)CC(=O)O)[C@@H](O)[C@@]2(O)[C@H]2O[C@@H](CO)[C@H](O)[C@@H](O)[C@@H]2O)[C@H](O)[C@@H](O)[C@@H]1O. The third kappa shape index (κ3) is 5.15. The van der Waals surface area contributed by atoms with Crippen LogP contribution < -0.4 is 0 Å². The molecule has 0 aromatic heterocycles. The largest absolute Gasteiger partial charge is 0.481 e. The van der Waals surface area contributed by atoms with E-state index >= 15 is 0 Å². The maximum Gasteiger partial charge on any atom is 0.317 e. The van der Waals surface area contributed by atoms with E-state index in [0.29, 0.717) is 0 Å². The number of ether oxygens (including phenoxy) is 4. The molecule has 0 bridgehead atoms. The van der Waals surface area contributed by atoms with Gasteiger partial charge in [0.1, 0.15) is 80.2 Å². The molecule has 3 rings (SSSR count). The molecule has 0 unspecified atom stereocenters. The van der Waals surface area contributed by atoms with Crippen LogP contribution in [-0.2, 0) is 28.5 Å². The fourth-order valence-electron chi connectivity index (χ4n) is 5.11. The standard InChI is InChI=1S/C21H34O17/c1-6-11(26)13(28)15(30)18(37-6)20(33)5-36-8(4-35-10(25)2-9(23)24)17(32)21(20,34)19-16(31)14(29)12(27)7(3-22)38-19/h6-8,11-19,22,26-34H,2-5H2,1H3,(H,23,24)/t6-,7+,8-,11-,12+,13+,14-,15-,16+,17-,18-,19+,20-,21-/m1/s1. The number of carboxylic acids is 1. The first kappa shape index (κ1) is 31.0. The second-order valence-electron chi connectivity index (χ2n) is 9.78. The number of aliphatic hydroxyl groups is 10. The van der Waals surface area contributed by atoms with Crippen LogP contribution in [0.25, 0.3) is 0 Å². The fraction of sp³-hybridized carbons (Fsp3) is 0.905. The average Bonchev–Trinajstić information content (AvgIpc) is 2.86. The third-order valence-electron chi connectivity index (χ3n) is 7.37. The summed E-state index contributed by atoms with van der Waals surface area (Å²) >= 11 is 0. The van der Waals surface area contributed by atoms with Gasteiger partial charge in [-0.15, -0.1) is 0 Å². The topological polar surface area (TPSA) is 294 Å². The van der Waals surface area contributed by atoms with Gasteiger partial charge in [-0.25, -0.2) is 0 Å². The van der Waals surface area contributed by atoms with E-state index in [2.05, 4.69) is 0 Å². The highest BCUT2D eigenvalue weighted by atomic mass is 16.6. The number of carbonyl (C=O) groups excluding carboxylic acids is 1. The molecule has 14 atom stereocenters. The van der Waals surface area contributed by atoms with Crippen molar-refractivity contribution in [2.75, 3.05) is 19.8 Å². The molecule has 3 fully saturated rings. The van der Waals surface area contributed by atoms with E-state index in [9.17, 15) is 60.7 Å². The molecule has 0 aliphatic carbocycles. The van der Waals surface area contributed by atoms with Gasteiger partial charge in [-0.2, -0.15) is 0 Å². The molecule has 3 aliphatic rings. The Morgan fingerprint density at radius 1 is 0.842 bits per heavy atom. The molecular formula is C21H34O17. The summed E-state index contributed by atoms with van der Waals surface area (Å²) in [6.45, 7) is -1.64. The molecule has 0 spiro atoms. The van der Waals surface area contributed by atoms with E-state index < -0.39 is 123 Å². The Labute approximate surface area is 215 Å². The summed E-state index contributed by atoms with van der Waals surface area (Å²) < 4.78 is 21.0. The maximum atomic E-state index is 12.0. The van der Waals surface area contributed by atoms with Gasteiger partial charge in [-0.05, 0) is 6.92 Å². The predicted molar refractivity (Wildman–Crippen MR) is 115 cm³/mol. The Hall–Kier alpha value is -1.58. The predicted octanol–water partition coefficient (Wildman–Crippen LogP) is -7.06. The first-order valence-corrected chi connectivity index (χ1v) is 11.7. The molecule has 3 heterocycles. The van der Waals surface area contributed by atoms with Crippen LogP contribution in [0.1, 0.15) is 13.3 Å². The minimum absolute atomic E-state index is 0.880. The highest BCUT2D eigenvalue weighted by Crippen LogP contribution is 2.46. The zero-order valence-electron chi connectivity index (χ0n) is 20.1. The number of aliphatic carboxylic acids is 1. The van der Waals surface area contributed by atoms with Gasteiger partial charge in [0.2, 0.25) is 0 Å². The Balaban J connectivity index is 2.04. The molecule has 38 heavy (non-hydrogen) atoms. The lowest BCUT2D eigenvalue weighted by molar-refractivity contribution is -0.390. The Bertz CT molecular complexity index is 856. The van der Waals surface area contributed by atoms with Gasteiger partial charge in [-0.3, -0.25) is 9.59 Å². The van der Waals surface area contributed by atoms with Crippen molar-refractivity contribution < 1.29 is 84.7 Å². The van der Waals surface area contributed by atoms with E-state index in [-0.39, 0.29) is 0 Å². The van der Waals surface area contributed by atoms with E-state index in [1.807, 2.05) is 0 Å². The van der Waals surface area contributed by atoms with Gasteiger partial charge in [0.15, 0.2) is 11.2 Å². The molecule has 17 nitrogen and oxygen atoms in total. The Morgan fingerprint density at radius 2 is 1.42 bits per heavy atom. The van der Waals surface area contributed by atoms with Crippen molar-refractivity contribution in [3.8, 4) is 0 Å². The smallest absolute Gasteiger partial charge is 0.317 e. The lowest BCUT2D eigenvalue weighted by Crippen LogP contribution is -2.84. The van der Waals surface area contributed by atoms with Crippen molar-refractivity contribution in [2.24, 2.45) is 0 Å². The van der Waals surface area contributed by atoms with Crippen molar-refractivity contribution in [1.82, 2.24) is 0 Å². The first-order valence-electron chi connectivity index (χ1n) is 11.7. The van der Waals surface area contributed by atoms with Gasteiger partial charge in [0, 0.05) is 0 Å². The van der Waals surface area contributed by atoms with Crippen LogP contribution in [0, 0.1) is 0 Å². The number of esters is 1. The minimum atomic E-state index is -3.23. The second kappa shape index (κ2) is 11.5. The van der Waals surface area contributed by atoms with Crippen LogP contribution in [0.3, 0.4) is 0 Å². The highest BCUT2D eigenvalue weighted by molar-refractivity contribution is 5.90. The highest BCUT2D eigenvalue weighted by Gasteiger charge is 2.72. The molecule has 17 heteroatoms. The first-order chi connectivity index (χ1) is 17.6. The van der Waals surface area contributed by atoms with E-state index in [1.165, 1.54) is 6.92 Å². The van der Waals surface area contributed by atoms with Gasteiger partial charge < -0.3 is 75.1 Å². The molecule has 0 saturated carbocycles. The quantitative estimate of drug-likeness (QED) is 0.102. The van der Waals surface area contributed by atoms with Crippen LogP contribution in [-0.4, -0.2) is 172 Å². The van der Waals surface area contributed by atoms with E-state index in [4.69, 9.17) is 24.1 Å². The van der Waals surface area contributed by atoms with Crippen molar-refractivity contribution in [3.63, 3.8) is 0 Å². The molecule has 0 aromatic rings. The third-order valence-corrected chi connectivity index (χ3v) is 7.37. The van der Waals surface area contributed by atoms with Crippen LogP contribution in [0.15, 0.2) is 0 Å². The van der Waals surface area contributed by atoms with Crippen LogP contribution in [0.4, 0.5) is 0 Å². The van der Waals surface area contributed by atoms with Crippen LogP contribution >= 0.6 is 0 Å². The molecule has 11 N–H and O–H groups in total. The summed E-state index contributed by atoms with van der Waals surface area (Å²) in [5.41, 5.74) is -6.23. The van der Waals surface area contributed by atoms with Crippen LogP contribution in [0.5, 0.6) is 0 Å². The lowest BCUT2D eigenvalue weighted by atomic mass is 9.64. The van der Waals surface area contributed by atoms with Crippen molar-refractivity contribution >= 4 is 11.9 Å². The van der Waals surface area contributed by atoms with Gasteiger partial charge in [-0.1, -0.05) is 0 Å². The zero-order valence-corrected chi connectivity index (χ0v) is 20.1. The molecule has 3 saturated heterocycles. The fourth-order valence-corrected chi connectivity index (χ4v) is 5.11. The number of hydrogen-bond donors (Lipinski definition) is 11. The minimum Gasteiger partial charge on any atom is -0.481 e. The summed E-state index contributed by atoms with van der Waals surface area (Å²) in [6, 6.07) is 0. The number of aliphatic hydroxyl groups excluding tert-OH is 8. The monoisotopic (exact) mass is 558 g/mol. The molecular weight excluding hydrogens is 524 g/mol. The molecule has 3 aliphatic heterocycles. The number of carbonyl (C=O) groups is 2. The van der Waals surface area contributed by atoms with Crippen LogP contribution in [0.2, 0.25) is 0 Å². The summed E-state index contributed by atoms with van der Waals surface area (Å²) in [4.78, 5) is 22.4. The van der Waals surface area contributed by atoms with E-state index in [0.717, 1.165) is 0 Å². The molecule has 0 amide bonds. The normalized spacial score (nSPS) is 49.9. The van der Waals surface area contributed by atoms with Crippen molar-refractivity contribution in [3.05, 3.63) is 0 Å². The van der Waals surface area contributed by atoms with Gasteiger partial charge >= 0.3 is 11.9 Å². The Kier molecular flexibility index (Phi) is 9.36. The summed E-state index contributed by atoms with van der Waals surface area (Å²) in [6.07, 6.45) is -24.3. The average molecular weight is 558 g/mol. The Morgan fingerprint density at radius 3 is 2.00 bits per heavy atom. The maximum absolute atomic E-state index is 12.0. The second-order valence-corrected chi connectivity index (χ2v) is 9.78. The molecule has 0 aromatic carbocycles. The van der Waals surface area contributed by atoms with E-state index in [1.54, 1.807) is 0 Å². The summed E-state index contributed by atoms with van der Waals surface area (Å²) in [7, 11) is 0. The van der Waals surface area contributed by atoms with Gasteiger partial charge in [0.25, 0.3) is 0 Å². The number of hydrogen-bond acceptors (Lipinski definition) is 16. The molecule has 0 radical (unpaired) electrons. The van der Waals surface area contributed by atoms with Gasteiger partial charge in [0.05, 0.1) is 19.3 Å². The summed E-state index contributed by atoms with van der Waals surface area (Å²) in [5, 5.41) is 115. The lowest BCUT2D eigenvalue weighted by Gasteiger charge is -2.60.